The molecule has 32 heavy (non-hydrogen) atoms. The van der Waals surface area contributed by atoms with Crippen LogP contribution in [0.3, 0.4) is 0 Å². The number of benzene rings is 2. The zero-order chi connectivity index (χ0) is 22.9. The molecule has 0 unspecified atom stereocenters. The maximum atomic E-state index is 10.4. The fraction of sp³-hybridized carbons (Fsp3) is 0.480. The van der Waals surface area contributed by atoms with E-state index in [-0.39, 0.29) is 5.60 Å². The number of nitrogens with zero attached hydrogens (tertiary/aromatic N) is 1. The predicted molar refractivity (Wildman–Crippen MR) is 116 cm³/mol. The molecule has 1 saturated heterocycles. The molecule has 0 radical (unpaired) electrons. The molecule has 2 fully saturated rings. The maximum Gasteiger partial charge on any atom is 0.113 e. The molecule has 1 saturated carbocycles. The van der Waals surface area contributed by atoms with Crippen molar-refractivity contribution in [1.29, 1.82) is 5.26 Å². The van der Waals surface area contributed by atoms with Crippen molar-refractivity contribution in [3.05, 3.63) is 70.3 Å². The average Bonchev–Trinajstić information content (AvgIpc) is 2.78. The second-order valence-electron chi connectivity index (χ2n) is 8.70. The lowest BCUT2D eigenvalue weighted by Gasteiger charge is -2.41. The number of aliphatic hydroxyl groups excluding tert-OH is 4. The third-order valence-electron chi connectivity index (χ3n) is 6.90. The molecule has 0 aromatic heterocycles. The van der Waals surface area contributed by atoms with Crippen molar-refractivity contribution in [2.24, 2.45) is 0 Å². The van der Waals surface area contributed by atoms with Crippen molar-refractivity contribution < 1.29 is 29.9 Å². The molecule has 4 N–H and O–H groups in total. The van der Waals surface area contributed by atoms with E-state index in [0.29, 0.717) is 17.5 Å². The van der Waals surface area contributed by atoms with Gasteiger partial charge in [-0.3, -0.25) is 0 Å². The van der Waals surface area contributed by atoms with Crippen molar-refractivity contribution in [1.82, 2.24) is 0 Å². The van der Waals surface area contributed by atoms with Crippen LogP contribution in [0.15, 0.2) is 42.5 Å². The minimum absolute atomic E-state index is 0.181. The van der Waals surface area contributed by atoms with Crippen LogP contribution in [0.1, 0.15) is 53.2 Å². The number of rotatable bonds is 6. The van der Waals surface area contributed by atoms with Crippen LogP contribution in [-0.4, -0.2) is 58.6 Å². The summed E-state index contributed by atoms with van der Waals surface area (Å²) in [6, 6.07) is 15.5. The van der Waals surface area contributed by atoms with E-state index in [9.17, 15) is 25.7 Å². The highest BCUT2D eigenvalue weighted by atomic mass is 16.5. The van der Waals surface area contributed by atoms with Crippen molar-refractivity contribution in [2.75, 3.05) is 13.7 Å². The Balaban J connectivity index is 1.58. The summed E-state index contributed by atoms with van der Waals surface area (Å²) in [6.07, 6.45) is -2.43. The van der Waals surface area contributed by atoms with Gasteiger partial charge in [-0.1, -0.05) is 36.4 Å². The molecule has 7 heteroatoms. The Bertz CT molecular complexity index is 973. The number of nitriles is 1. The van der Waals surface area contributed by atoms with Crippen LogP contribution in [0.2, 0.25) is 0 Å². The van der Waals surface area contributed by atoms with E-state index in [1.807, 2.05) is 12.1 Å². The van der Waals surface area contributed by atoms with E-state index in [2.05, 4.69) is 18.2 Å². The molecule has 1 aliphatic carbocycles. The van der Waals surface area contributed by atoms with Crippen molar-refractivity contribution in [3.63, 3.8) is 0 Å². The van der Waals surface area contributed by atoms with Gasteiger partial charge in [-0.15, -0.1) is 0 Å². The van der Waals surface area contributed by atoms with Crippen LogP contribution in [0.4, 0.5) is 0 Å². The second-order valence-corrected chi connectivity index (χ2v) is 8.70. The minimum atomic E-state index is -1.45. The fourth-order valence-electron chi connectivity index (χ4n) is 4.68. The summed E-state index contributed by atoms with van der Waals surface area (Å²) in [5.41, 5.74) is 3.85. The van der Waals surface area contributed by atoms with Crippen molar-refractivity contribution in [3.8, 4) is 6.07 Å². The van der Waals surface area contributed by atoms with Gasteiger partial charge in [-0.05, 0) is 54.0 Å². The first-order chi connectivity index (χ1) is 15.4. The van der Waals surface area contributed by atoms with Crippen molar-refractivity contribution >= 4 is 0 Å². The Morgan fingerprint density at radius 3 is 2.34 bits per heavy atom. The molecule has 2 aliphatic rings. The Morgan fingerprint density at radius 1 is 1.06 bits per heavy atom. The largest absolute Gasteiger partial charge is 0.394 e. The number of aliphatic hydroxyl groups is 4. The molecule has 7 nitrogen and oxygen atoms in total. The van der Waals surface area contributed by atoms with E-state index in [1.165, 1.54) is 0 Å². The lowest BCUT2D eigenvalue weighted by atomic mass is 9.74. The molecular formula is C25H29NO6. The quantitative estimate of drug-likeness (QED) is 0.540. The SMILES string of the molecule is COC1(c2ccc(Cc3cc([C@@H]4O[C@H](CO)[C@@H](O)[C@H](O)[C@H]4O)ccc3C#N)cc2)CCC1. The summed E-state index contributed by atoms with van der Waals surface area (Å²) in [4.78, 5) is 0. The molecule has 4 rings (SSSR count). The first kappa shape index (κ1) is 22.9. The molecule has 170 valence electrons. The van der Waals surface area contributed by atoms with Gasteiger partial charge in [0.25, 0.3) is 0 Å². The van der Waals surface area contributed by atoms with Gasteiger partial charge in [-0.2, -0.15) is 5.26 Å². The summed E-state index contributed by atoms with van der Waals surface area (Å²) < 4.78 is 11.4. The van der Waals surface area contributed by atoms with E-state index >= 15 is 0 Å². The van der Waals surface area contributed by atoms with Gasteiger partial charge >= 0.3 is 0 Å². The van der Waals surface area contributed by atoms with E-state index in [1.54, 1.807) is 25.3 Å². The van der Waals surface area contributed by atoms with Crippen LogP contribution in [0.25, 0.3) is 0 Å². The van der Waals surface area contributed by atoms with Gasteiger partial charge in [0.15, 0.2) is 0 Å². The summed E-state index contributed by atoms with van der Waals surface area (Å²) in [5, 5.41) is 49.6. The van der Waals surface area contributed by atoms with E-state index in [4.69, 9.17) is 9.47 Å². The standard InChI is InChI=1S/C25H29NO6/c1-31-25(9-2-10-25)19-7-3-15(4-8-19)11-18-12-16(5-6-17(18)13-26)24-23(30)22(29)21(28)20(14-27)32-24/h3-8,12,20-24,27-30H,2,9-11,14H2,1H3/t20-,21-,22+,23-,24+/m1/s1. The first-order valence-corrected chi connectivity index (χ1v) is 10.9. The molecule has 2 aromatic carbocycles. The van der Waals surface area contributed by atoms with Crippen molar-refractivity contribution in [2.45, 2.75) is 61.8 Å². The zero-order valence-corrected chi connectivity index (χ0v) is 18.0. The molecule has 5 atom stereocenters. The lowest BCUT2D eigenvalue weighted by molar-refractivity contribution is -0.231. The molecule has 1 heterocycles. The van der Waals surface area contributed by atoms with Crippen LogP contribution in [-0.2, 0) is 21.5 Å². The van der Waals surface area contributed by atoms with Gasteiger partial charge in [0.1, 0.15) is 30.5 Å². The van der Waals surface area contributed by atoms with Crippen LogP contribution in [0, 0.1) is 11.3 Å². The lowest BCUT2D eigenvalue weighted by Crippen LogP contribution is -2.55. The maximum absolute atomic E-state index is 10.4. The Hall–Kier alpha value is -2.31. The highest BCUT2D eigenvalue weighted by Gasteiger charge is 2.44. The summed E-state index contributed by atoms with van der Waals surface area (Å²) in [7, 11) is 1.75. The van der Waals surface area contributed by atoms with Gasteiger partial charge in [-0.25, -0.2) is 0 Å². The Kier molecular flexibility index (Phi) is 6.63. The van der Waals surface area contributed by atoms with Crippen LogP contribution in [0.5, 0.6) is 0 Å². The molecule has 2 aromatic rings. The molecule has 0 bridgehead atoms. The number of ether oxygens (including phenoxy) is 2. The molecule has 1 aliphatic heterocycles. The summed E-state index contributed by atoms with van der Waals surface area (Å²) >= 11 is 0. The smallest absolute Gasteiger partial charge is 0.113 e. The van der Waals surface area contributed by atoms with Crippen LogP contribution >= 0.6 is 0 Å². The highest BCUT2D eigenvalue weighted by molar-refractivity contribution is 5.44. The van der Waals surface area contributed by atoms with Gasteiger partial charge < -0.3 is 29.9 Å². The number of hydrogen-bond donors (Lipinski definition) is 4. The number of hydrogen-bond acceptors (Lipinski definition) is 7. The van der Waals surface area contributed by atoms with Gasteiger partial charge in [0.2, 0.25) is 0 Å². The second kappa shape index (κ2) is 9.28. The highest BCUT2D eigenvalue weighted by Crippen LogP contribution is 2.44. The normalized spacial score (nSPS) is 29.2. The molecular weight excluding hydrogens is 410 g/mol. The first-order valence-electron chi connectivity index (χ1n) is 10.9. The Labute approximate surface area is 187 Å². The molecule has 0 amide bonds. The van der Waals surface area contributed by atoms with Crippen LogP contribution < -0.4 is 0 Å². The van der Waals surface area contributed by atoms with Gasteiger partial charge in [0, 0.05) is 7.11 Å². The fourth-order valence-corrected chi connectivity index (χ4v) is 4.68. The molecule has 0 spiro atoms. The zero-order valence-electron chi connectivity index (χ0n) is 18.0. The topological polar surface area (TPSA) is 123 Å². The summed E-state index contributed by atoms with van der Waals surface area (Å²) in [6.45, 7) is -0.486. The van der Waals surface area contributed by atoms with E-state index in [0.717, 1.165) is 36.0 Å². The minimum Gasteiger partial charge on any atom is -0.394 e. The third kappa shape index (κ3) is 4.06. The third-order valence-corrected chi connectivity index (χ3v) is 6.90. The average molecular weight is 440 g/mol. The number of methoxy groups -OCH3 is 1. The van der Waals surface area contributed by atoms with E-state index < -0.39 is 37.1 Å². The Morgan fingerprint density at radius 2 is 1.78 bits per heavy atom. The summed E-state index contributed by atoms with van der Waals surface area (Å²) in [5.74, 6) is 0. The van der Waals surface area contributed by atoms with Gasteiger partial charge in [0.05, 0.1) is 23.8 Å². The predicted octanol–water partition coefficient (Wildman–Crippen LogP) is 1.69. The monoisotopic (exact) mass is 439 g/mol.